The Kier molecular flexibility index (Phi) is 7.45. The van der Waals surface area contributed by atoms with Crippen LogP contribution in [0.3, 0.4) is 0 Å². The molecule has 1 amide bonds. The van der Waals surface area contributed by atoms with Crippen molar-refractivity contribution in [2.24, 2.45) is 17.8 Å². The average Bonchev–Trinajstić information content (AvgIpc) is 2.63. The van der Waals surface area contributed by atoms with E-state index in [0.717, 1.165) is 24.0 Å². The van der Waals surface area contributed by atoms with Gasteiger partial charge in [0.2, 0.25) is 0 Å². The highest BCUT2D eigenvalue weighted by Gasteiger charge is 2.32. The van der Waals surface area contributed by atoms with Crippen LogP contribution in [0.4, 0.5) is 0 Å². The number of methoxy groups -OCH3 is 1. The summed E-state index contributed by atoms with van der Waals surface area (Å²) in [4.78, 5) is 24.5. The summed E-state index contributed by atoms with van der Waals surface area (Å²) >= 11 is 0. The van der Waals surface area contributed by atoms with E-state index in [2.05, 4.69) is 26.1 Å². The lowest BCUT2D eigenvalue weighted by Crippen LogP contribution is -2.30. The van der Waals surface area contributed by atoms with Crippen LogP contribution in [-0.4, -0.2) is 32.0 Å². The minimum absolute atomic E-state index is 0.0593. The summed E-state index contributed by atoms with van der Waals surface area (Å²) in [5, 5.41) is 2.69. The number of ether oxygens (including phenoxy) is 2. The van der Waals surface area contributed by atoms with Gasteiger partial charge in [0, 0.05) is 12.5 Å². The minimum Gasteiger partial charge on any atom is -0.493 e. The first-order valence-corrected chi connectivity index (χ1v) is 9.70. The first kappa shape index (κ1) is 21.0. The molecule has 2 atom stereocenters. The summed E-state index contributed by atoms with van der Waals surface area (Å²) in [6.45, 7) is 8.70. The van der Waals surface area contributed by atoms with Gasteiger partial charge in [-0.25, -0.2) is 0 Å². The predicted molar refractivity (Wildman–Crippen MR) is 107 cm³/mol. The third kappa shape index (κ3) is 5.34. The second kappa shape index (κ2) is 9.58. The number of carbonyl (C=O) groups is 2. The Hall–Kier alpha value is -2.30. The van der Waals surface area contributed by atoms with Crippen molar-refractivity contribution in [3.05, 3.63) is 29.3 Å². The Labute approximate surface area is 162 Å². The van der Waals surface area contributed by atoms with Gasteiger partial charge in [-0.2, -0.15) is 0 Å². The van der Waals surface area contributed by atoms with Gasteiger partial charge in [0.05, 0.1) is 7.11 Å². The molecular weight excluding hydrogens is 342 g/mol. The van der Waals surface area contributed by atoms with Crippen LogP contribution in [0.5, 0.6) is 11.5 Å². The minimum atomic E-state index is -0.174. The van der Waals surface area contributed by atoms with Crippen molar-refractivity contribution in [1.29, 1.82) is 0 Å². The van der Waals surface area contributed by atoms with Crippen molar-refractivity contribution in [2.45, 2.75) is 40.5 Å². The van der Waals surface area contributed by atoms with Crippen LogP contribution in [0.1, 0.15) is 46.1 Å². The van der Waals surface area contributed by atoms with E-state index < -0.39 is 0 Å². The Morgan fingerprint density at radius 3 is 2.67 bits per heavy atom. The van der Waals surface area contributed by atoms with E-state index in [1.165, 1.54) is 0 Å². The number of likely N-dealkylation sites (N-methyl/N-ethyl adjacent to an activating group) is 1. The van der Waals surface area contributed by atoms with E-state index in [0.29, 0.717) is 24.0 Å². The number of carbonyl (C=O) groups excluding carboxylic acids is 2. The average molecular weight is 373 g/mol. The number of ketones is 1. The topological polar surface area (TPSA) is 64.6 Å². The molecule has 1 N–H and O–H groups in total. The van der Waals surface area contributed by atoms with Crippen molar-refractivity contribution in [3.8, 4) is 11.5 Å². The number of allylic oxidation sites excluding steroid dienone is 1. The molecule has 1 aliphatic rings. The van der Waals surface area contributed by atoms with Crippen LogP contribution in [0.25, 0.3) is 6.08 Å². The SMILES string of the molecule is CCNC(=O)COc1ccc(C=C2C(=O)[C@@H](C(C)C)CC[C@@H]2C)cc1OC. The van der Waals surface area contributed by atoms with Crippen molar-refractivity contribution in [2.75, 3.05) is 20.3 Å². The highest BCUT2D eigenvalue weighted by Crippen LogP contribution is 2.36. The normalized spacial score (nSPS) is 21.4. The number of hydrogen-bond acceptors (Lipinski definition) is 4. The van der Waals surface area contributed by atoms with Crippen LogP contribution < -0.4 is 14.8 Å². The fourth-order valence-corrected chi connectivity index (χ4v) is 3.49. The lowest BCUT2D eigenvalue weighted by Gasteiger charge is -2.30. The van der Waals surface area contributed by atoms with Gasteiger partial charge in [-0.15, -0.1) is 0 Å². The fourth-order valence-electron chi connectivity index (χ4n) is 3.49. The van der Waals surface area contributed by atoms with Gasteiger partial charge >= 0.3 is 0 Å². The summed E-state index contributed by atoms with van der Waals surface area (Å²) < 4.78 is 11.0. The van der Waals surface area contributed by atoms with Crippen LogP contribution in [0.2, 0.25) is 0 Å². The molecule has 0 heterocycles. The Morgan fingerprint density at radius 1 is 1.30 bits per heavy atom. The molecule has 0 aliphatic heterocycles. The van der Waals surface area contributed by atoms with Gasteiger partial charge in [0.25, 0.3) is 5.91 Å². The van der Waals surface area contributed by atoms with Crippen molar-refractivity contribution < 1.29 is 19.1 Å². The predicted octanol–water partition coefficient (Wildman–Crippen LogP) is 3.86. The second-order valence-corrected chi connectivity index (χ2v) is 7.45. The first-order chi connectivity index (χ1) is 12.9. The maximum Gasteiger partial charge on any atom is 0.257 e. The number of amides is 1. The molecule has 1 aromatic rings. The highest BCUT2D eigenvalue weighted by atomic mass is 16.5. The molecular formula is C22H31NO4. The van der Waals surface area contributed by atoms with E-state index in [-0.39, 0.29) is 30.1 Å². The number of rotatable bonds is 7. The van der Waals surface area contributed by atoms with E-state index in [1.54, 1.807) is 13.2 Å². The molecule has 0 unspecified atom stereocenters. The van der Waals surface area contributed by atoms with Gasteiger partial charge < -0.3 is 14.8 Å². The summed E-state index contributed by atoms with van der Waals surface area (Å²) in [5.74, 6) is 1.86. The molecule has 0 saturated heterocycles. The molecule has 1 aromatic carbocycles. The zero-order chi connectivity index (χ0) is 20.0. The van der Waals surface area contributed by atoms with E-state index in [4.69, 9.17) is 9.47 Å². The largest absolute Gasteiger partial charge is 0.493 e. The van der Waals surface area contributed by atoms with E-state index in [9.17, 15) is 9.59 Å². The monoisotopic (exact) mass is 373 g/mol. The zero-order valence-electron chi connectivity index (χ0n) is 17.0. The van der Waals surface area contributed by atoms with E-state index >= 15 is 0 Å². The molecule has 1 aliphatic carbocycles. The Morgan fingerprint density at radius 2 is 2.04 bits per heavy atom. The quantitative estimate of drug-likeness (QED) is 0.737. The highest BCUT2D eigenvalue weighted by molar-refractivity contribution is 6.02. The third-order valence-electron chi connectivity index (χ3n) is 5.11. The summed E-state index contributed by atoms with van der Waals surface area (Å²) in [7, 11) is 1.56. The standard InChI is InChI=1S/C22H31NO4/c1-6-23-21(24)13-27-19-10-8-16(12-20(19)26-5)11-18-15(4)7-9-17(14(2)3)22(18)25/h8,10-12,14-15,17H,6-7,9,13H2,1-5H3,(H,23,24)/t15-,17+/m0/s1. The number of nitrogens with one attached hydrogen (secondary N) is 1. The van der Waals surface area contributed by atoms with Crippen LogP contribution >= 0.6 is 0 Å². The summed E-state index contributed by atoms with van der Waals surface area (Å²) in [6, 6.07) is 5.52. The number of benzene rings is 1. The van der Waals surface area contributed by atoms with Gasteiger partial charge in [-0.1, -0.05) is 26.8 Å². The Bertz CT molecular complexity index is 708. The molecule has 0 aromatic heterocycles. The van der Waals surface area contributed by atoms with E-state index in [1.807, 2.05) is 25.1 Å². The van der Waals surface area contributed by atoms with Crippen molar-refractivity contribution in [3.63, 3.8) is 0 Å². The molecule has 0 radical (unpaired) electrons. The molecule has 5 nitrogen and oxygen atoms in total. The number of Topliss-reactive ketones (excluding diaryl/α,β-unsaturated/α-hetero) is 1. The fraction of sp³-hybridized carbons (Fsp3) is 0.545. The third-order valence-corrected chi connectivity index (χ3v) is 5.11. The molecule has 1 saturated carbocycles. The molecule has 0 bridgehead atoms. The lowest BCUT2D eigenvalue weighted by molar-refractivity contribution is -0.123. The molecule has 2 rings (SSSR count). The smallest absolute Gasteiger partial charge is 0.257 e. The van der Waals surface area contributed by atoms with Crippen LogP contribution in [0.15, 0.2) is 23.8 Å². The molecule has 0 spiro atoms. The molecule has 5 heteroatoms. The second-order valence-electron chi connectivity index (χ2n) is 7.45. The molecule has 27 heavy (non-hydrogen) atoms. The lowest BCUT2D eigenvalue weighted by atomic mass is 9.73. The van der Waals surface area contributed by atoms with Crippen molar-refractivity contribution in [1.82, 2.24) is 5.32 Å². The van der Waals surface area contributed by atoms with Gasteiger partial charge in [-0.05, 0) is 60.9 Å². The zero-order valence-corrected chi connectivity index (χ0v) is 17.0. The van der Waals surface area contributed by atoms with Gasteiger partial charge in [0.15, 0.2) is 23.9 Å². The maximum absolute atomic E-state index is 12.9. The molecule has 148 valence electrons. The number of hydrogen-bond donors (Lipinski definition) is 1. The van der Waals surface area contributed by atoms with Crippen LogP contribution in [-0.2, 0) is 9.59 Å². The maximum atomic E-state index is 12.9. The van der Waals surface area contributed by atoms with Crippen LogP contribution in [0, 0.1) is 17.8 Å². The van der Waals surface area contributed by atoms with Crippen molar-refractivity contribution >= 4 is 17.8 Å². The van der Waals surface area contributed by atoms with Gasteiger partial charge in [0.1, 0.15) is 0 Å². The summed E-state index contributed by atoms with van der Waals surface area (Å²) in [5.41, 5.74) is 1.79. The first-order valence-electron chi connectivity index (χ1n) is 9.70. The Balaban J connectivity index is 2.21. The molecule has 1 fully saturated rings. The van der Waals surface area contributed by atoms with Gasteiger partial charge in [-0.3, -0.25) is 9.59 Å². The summed E-state index contributed by atoms with van der Waals surface area (Å²) in [6.07, 6.45) is 3.97.